The number of hydrogen-bond acceptors (Lipinski definition) is 2. The summed E-state index contributed by atoms with van der Waals surface area (Å²) in [4.78, 5) is 15.1. The number of carbonyl (C=O) groups excluding carboxylic acids is 1. The topological polar surface area (TPSA) is 29.5 Å². The summed E-state index contributed by atoms with van der Waals surface area (Å²) in [5.41, 5.74) is 5.27. The summed E-state index contributed by atoms with van der Waals surface area (Å²) in [6, 6.07) is 15.1. The number of nitrogens with zero attached hydrogens (tertiary/aromatic N) is 1. The second kappa shape index (κ2) is 7.53. The van der Waals surface area contributed by atoms with Gasteiger partial charge in [0.25, 0.3) is 0 Å². The zero-order valence-corrected chi connectivity index (χ0v) is 15.5. The molecule has 1 amide bonds. The molecule has 136 valence electrons. The maximum Gasteiger partial charge on any atom is 0.227 e. The lowest BCUT2D eigenvalue weighted by atomic mass is 10.0. The molecule has 2 aromatic carbocycles. The number of benzene rings is 2. The van der Waals surface area contributed by atoms with Crippen LogP contribution in [0, 0.1) is 0 Å². The molecule has 0 unspecified atom stereocenters. The Balaban J connectivity index is 1.45. The number of methoxy groups -OCH3 is 1. The molecule has 1 aliphatic heterocycles. The summed E-state index contributed by atoms with van der Waals surface area (Å²) in [6.07, 6.45) is 7.17. The molecule has 0 bridgehead atoms. The van der Waals surface area contributed by atoms with Gasteiger partial charge >= 0.3 is 0 Å². The number of amides is 1. The summed E-state index contributed by atoms with van der Waals surface area (Å²) in [6.45, 7) is 0.879. The van der Waals surface area contributed by atoms with Crippen molar-refractivity contribution in [1.29, 1.82) is 0 Å². The lowest BCUT2D eigenvalue weighted by Gasteiger charge is -2.25. The van der Waals surface area contributed by atoms with Gasteiger partial charge in [-0.15, -0.1) is 0 Å². The number of para-hydroxylation sites is 1. The fourth-order valence-electron chi connectivity index (χ4n) is 4.51. The quantitative estimate of drug-likeness (QED) is 0.818. The number of likely N-dealkylation sites (tertiary alicyclic amines) is 1. The van der Waals surface area contributed by atoms with Crippen LogP contribution in [0.1, 0.15) is 41.5 Å². The summed E-state index contributed by atoms with van der Waals surface area (Å²) >= 11 is 0. The highest BCUT2D eigenvalue weighted by atomic mass is 16.5. The van der Waals surface area contributed by atoms with E-state index in [0.29, 0.717) is 6.42 Å². The molecule has 1 saturated heterocycles. The Bertz CT molecular complexity index is 799. The molecule has 0 saturated carbocycles. The van der Waals surface area contributed by atoms with Crippen molar-refractivity contribution in [2.24, 2.45) is 0 Å². The van der Waals surface area contributed by atoms with Crippen LogP contribution in [0.15, 0.2) is 42.5 Å². The highest BCUT2D eigenvalue weighted by Crippen LogP contribution is 2.27. The molecule has 1 aliphatic carbocycles. The van der Waals surface area contributed by atoms with Gasteiger partial charge in [0.2, 0.25) is 5.91 Å². The molecule has 2 aromatic rings. The van der Waals surface area contributed by atoms with Crippen LogP contribution in [0.25, 0.3) is 0 Å². The third kappa shape index (κ3) is 3.48. The molecule has 3 heteroatoms. The first kappa shape index (κ1) is 17.1. The molecule has 4 rings (SSSR count). The average molecular weight is 349 g/mol. The van der Waals surface area contributed by atoms with Gasteiger partial charge in [0.15, 0.2) is 0 Å². The smallest absolute Gasteiger partial charge is 0.227 e. The minimum Gasteiger partial charge on any atom is -0.496 e. The molecule has 3 nitrogen and oxygen atoms in total. The SMILES string of the molecule is COc1ccccc1C[C@H]1CCCN1C(=O)Cc1ccc2c(c1)CCC2. The summed E-state index contributed by atoms with van der Waals surface area (Å²) in [5.74, 6) is 1.19. The van der Waals surface area contributed by atoms with Gasteiger partial charge in [0.1, 0.15) is 5.75 Å². The lowest BCUT2D eigenvalue weighted by molar-refractivity contribution is -0.131. The molecular formula is C23H27NO2. The van der Waals surface area contributed by atoms with Crippen molar-refractivity contribution in [3.05, 3.63) is 64.7 Å². The fourth-order valence-corrected chi connectivity index (χ4v) is 4.51. The minimum absolute atomic E-state index is 0.264. The molecule has 1 fully saturated rings. The van der Waals surface area contributed by atoms with Crippen molar-refractivity contribution < 1.29 is 9.53 Å². The molecule has 1 heterocycles. The predicted molar refractivity (Wildman–Crippen MR) is 104 cm³/mol. The van der Waals surface area contributed by atoms with E-state index < -0.39 is 0 Å². The van der Waals surface area contributed by atoms with Crippen molar-refractivity contribution in [2.75, 3.05) is 13.7 Å². The molecule has 0 radical (unpaired) electrons. The molecule has 1 atom stereocenters. The Kier molecular flexibility index (Phi) is 4.96. The number of ether oxygens (including phenoxy) is 1. The maximum absolute atomic E-state index is 13.0. The van der Waals surface area contributed by atoms with E-state index in [1.807, 2.05) is 18.2 Å². The van der Waals surface area contributed by atoms with E-state index in [4.69, 9.17) is 4.74 Å². The van der Waals surface area contributed by atoms with Crippen LogP contribution in [0.5, 0.6) is 5.75 Å². The number of aryl methyl sites for hydroxylation is 2. The average Bonchev–Trinajstić information content (AvgIpc) is 3.31. The van der Waals surface area contributed by atoms with E-state index in [9.17, 15) is 4.79 Å². The van der Waals surface area contributed by atoms with Gasteiger partial charge in [-0.3, -0.25) is 4.79 Å². The standard InChI is InChI=1S/C23H27NO2/c1-26-22-10-3-2-6-20(22)16-21-9-5-13-24(21)23(25)15-17-11-12-18-7-4-8-19(18)14-17/h2-3,6,10-12,14,21H,4-5,7-9,13,15-16H2,1H3/t21-/m1/s1. The van der Waals surface area contributed by atoms with Gasteiger partial charge in [0.05, 0.1) is 13.5 Å². The van der Waals surface area contributed by atoms with E-state index in [-0.39, 0.29) is 11.9 Å². The molecule has 26 heavy (non-hydrogen) atoms. The van der Waals surface area contributed by atoms with Gasteiger partial charge in [-0.05, 0) is 66.8 Å². The van der Waals surface area contributed by atoms with Crippen molar-refractivity contribution in [3.8, 4) is 5.75 Å². The van der Waals surface area contributed by atoms with Crippen LogP contribution in [-0.2, 0) is 30.5 Å². The largest absolute Gasteiger partial charge is 0.496 e. The monoisotopic (exact) mass is 349 g/mol. The third-order valence-corrected chi connectivity index (χ3v) is 5.86. The minimum atomic E-state index is 0.264. The normalized spacial score (nSPS) is 18.8. The summed E-state index contributed by atoms with van der Waals surface area (Å²) in [7, 11) is 1.71. The molecular weight excluding hydrogens is 322 g/mol. The van der Waals surface area contributed by atoms with Gasteiger partial charge in [-0.1, -0.05) is 36.4 Å². The third-order valence-electron chi connectivity index (χ3n) is 5.86. The van der Waals surface area contributed by atoms with Crippen LogP contribution in [0.3, 0.4) is 0 Å². The Morgan fingerprint density at radius 1 is 1.12 bits per heavy atom. The Labute approximate surface area is 156 Å². The van der Waals surface area contributed by atoms with Gasteiger partial charge in [-0.2, -0.15) is 0 Å². The summed E-state index contributed by atoms with van der Waals surface area (Å²) < 4.78 is 5.49. The van der Waals surface area contributed by atoms with E-state index in [0.717, 1.165) is 38.0 Å². The first-order valence-corrected chi connectivity index (χ1v) is 9.76. The molecule has 0 N–H and O–H groups in total. The maximum atomic E-state index is 13.0. The number of fused-ring (bicyclic) bond motifs is 1. The number of hydrogen-bond donors (Lipinski definition) is 0. The van der Waals surface area contributed by atoms with E-state index in [1.54, 1.807) is 7.11 Å². The van der Waals surface area contributed by atoms with E-state index in [1.165, 1.54) is 35.1 Å². The van der Waals surface area contributed by atoms with Crippen LogP contribution in [-0.4, -0.2) is 30.5 Å². The Hall–Kier alpha value is -2.29. The molecule has 0 aromatic heterocycles. The van der Waals surface area contributed by atoms with Crippen molar-refractivity contribution >= 4 is 5.91 Å². The fraction of sp³-hybridized carbons (Fsp3) is 0.435. The lowest BCUT2D eigenvalue weighted by Crippen LogP contribution is -2.37. The Morgan fingerprint density at radius 2 is 1.96 bits per heavy atom. The zero-order chi connectivity index (χ0) is 17.9. The van der Waals surface area contributed by atoms with Crippen LogP contribution in [0.4, 0.5) is 0 Å². The zero-order valence-electron chi connectivity index (χ0n) is 15.5. The van der Waals surface area contributed by atoms with E-state index >= 15 is 0 Å². The van der Waals surface area contributed by atoms with Gasteiger partial charge < -0.3 is 9.64 Å². The first-order chi connectivity index (χ1) is 12.7. The molecule has 2 aliphatic rings. The second-order valence-corrected chi connectivity index (χ2v) is 7.53. The van der Waals surface area contributed by atoms with Crippen molar-refractivity contribution in [1.82, 2.24) is 4.90 Å². The Morgan fingerprint density at radius 3 is 2.85 bits per heavy atom. The highest BCUT2D eigenvalue weighted by Gasteiger charge is 2.29. The number of carbonyl (C=O) groups is 1. The van der Waals surface area contributed by atoms with Gasteiger partial charge in [-0.25, -0.2) is 0 Å². The second-order valence-electron chi connectivity index (χ2n) is 7.53. The van der Waals surface area contributed by atoms with Crippen molar-refractivity contribution in [3.63, 3.8) is 0 Å². The summed E-state index contributed by atoms with van der Waals surface area (Å²) in [5, 5.41) is 0. The van der Waals surface area contributed by atoms with Crippen LogP contribution in [0.2, 0.25) is 0 Å². The first-order valence-electron chi connectivity index (χ1n) is 9.76. The van der Waals surface area contributed by atoms with Crippen molar-refractivity contribution in [2.45, 2.75) is 51.0 Å². The van der Waals surface area contributed by atoms with E-state index in [2.05, 4.69) is 29.2 Å². The number of rotatable bonds is 5. The predicted octanol–water partition coefficient (Wildman–Crippen LogP) is 3.96. The highest BCUT2D eigenvalue weighted by molar-refractivity contribution is 5.79. The van der Waals surface area contributed by atoms with Gasteiger partial charge in [0, 0.05) is 12.6 Å². The molecule has 0 spiro atoms. The van der Waals surface area contributed by atoms with Crippen LogP contribution >= 0.6 is 0 Å². The van der Waals surface area contributed by atoms with Crippen LogP contribution < -0.4 is 4.74 Å².